The summed E-state index contributed by atoms with van der Waals surface area (Å²) in [6.07, 6.45) is 42.7. The van der Waals surface area contributed by atoms with Crippen LogP contribution >= 0.6 is 46.4 Å². The Bertz CT molecular complexity index is 4990. The number of aromatic nitrogens is 6. The molecule has 16 heteroatoms. The molecule has 0 aliphatic rings. The van der Waals surface area contributed by atoms with E-state index >= 15 is 0 Å². The van der Waals surface area contributed by atoms with Crippen LogP contribution in [-0.2, 0) is 0 Å². The first-order valence-electron chi connectivity index (χ1n) is 44.3. The van der Waals surface area contributed by atoms with E-state index < -0.39 is 13.7 Å². The van der Waals surface area contributed by atoms with Crippen molar-refractivity contribution in [2.24, 2.45) is 11.8 Å². The van der Waals surface area contributed by atoms with E-state index in [9.17, 15) is 11.8 Å². The van der Waals surface area contributed by atoms with Crippen LogP contribution in [0.3, 0.4) is 0 Å². The van der Waals surface area contributed by atoms with E-state index in [1.807, 2.05) is 24.3 Å². The predicted molar refractivity (Wildman–Crippen MR) is 501 cm³/mol. The Morgan fingerprint density at radius 3 is 1.05 bits per heavy atom. The van der Waals surface area contributed by atoms with Gasteiger partial charge in [-0.2, -0.15) is 5.26 Å². The maximum absolute atomic E-state index is 12.9. The number of unbranched alkanes of at least 4 members (excludes halogenated alkanes) is 24. The molecule has 0 saturated carbocycles. The van der Waals surface area contributed by atoms with E-state index in [0.717, 1.165) is 84.3 Å². The quantitative estimate of drug-likeness (QED) is 0.0212. The first-order valence-corrected chi connectivity index (χ1v) is 45.8. The van der Waals surface area contributed by atoms with Crippen molar-refractivity contribution < 1.29 is 9.47 Å². The molecule has 2 atom stereocenters. The van der Waals surface area contributed by atoms with E-state index in [0.29, 0.717) is 123 Å². The Morgan fingerprint density at radius 2 is 0.703 bits per heavy atom. The molecule has 0 N–H and O–H groups in total. The second-order valence-electron chi connectivity index (χ2n) is 32.3. The van der Waals surface area contributed by atoms with Crippen molar-refractivity contribution >= 4 is 126 Å². The summed E-state index contributed by atoms with van der Waals surface area (Å²) in [6, 6.07) is 68.9. The molecule has 12 aromatic rings. The highest BCUT2D eigenvalue weighted by atomic mass is 35.5. The van der Waals surface area contributed by atoms with E-state index in [2.05, 4.69) is 188 Å². The van der Waals surface area contributed by atoms with Gasteiger partial charge in [0.15, 0.2) is 0 Å². The Kier molecular flexibility index (Phi) is 34.7. The van der Waals surface area contributed by atoms with Gasteiger partial charge in [0.05, 0.1) is 79.2 Å². The highest BCUT2D eigenvalue weighted by molar-refractivity contribution is 6.85. The van der Waals surface area contributed by atoms with Crippen LogP contribution in [0.4, 0.5) is 0 Å². The maximum atomic E-state index is 12.9. The van der Waals surface area contributed by atoms with Gasteiger partial charge >= 0.3 is 13.7 Å². The van der Waals surface area contributed by atoms with E-state index in [-0.39, 0.29) is 11.3 Å². The van der Waals surface area contributed by atoms with E-state index in [1.54, 1.807) is 36.7 Å². The van der Waals surface area contributed by atoms with Crippen molar-refractivity contribution in [2.45, 2.75) is 233 Å². The van der Waals surface area contributed by atoms with Crippen LogP contribution in [0.1, 0.15) is 245 Å². The van der Waals surface area contributed by atoms with Crippen molar-refractivity contribution in [3.8, 4) is 40.1 Å². The number of nitriles is 1. The molecule has 0 fully saturated rings. The van der Waals surface area contributed by atoms with Crippen LogP contribution in [0.5, 0.6) is 11.5 Å². The van der Waals surface area contributed by atoms with Gasteiger partial charge in [-0.3, -0.25) is 15.0 Å². The normalized spacial score (nSPS) is 12.6. The molecule has 0 radical (unpaired) electrons. The van der Waals surface area contributed by atoms with E-state index in [1.165, 1.54) is 154 Å². The number of fused-ring (bicyclic) bond motifs is 3. The van der Waals surface area contributed by atoms with Gasteiger partial charge in [0, 0.05) is 44.8 Å². The molecule has 610 valence electrons. The summed E-state index contributed by atoms with van der Waals surface area (Å²) in [5.74, 6) is 2.11. The third-order valence-electron chi connectivity index (χ3n) is 23.5. The van der Waals surface area contributed by atoms with Gasteiger partial charge in [0.1, 0.15) is 28.8 Å². The van der Waals surface area contributed by atoms with Crippen LogP contribution in [0.2, 0.25) is 20.1 Å². The van der Waals surface area contributed by atoms with Crippen LogP contribution in [0.15, 0.2) is 207 Å². The zero-order chi connectivity index (χ0) is 82.2. The fourth-order valence-electron chi connectivity index (χ4n) is 17.3. The van der Waals surface area contributed by atoms with Crippen LogP contribution in [0, 0.1) is 29.7 Å². The number of hydrogen-bond acceptors (Lipinski definition) is 7. The smallest absolute Gasteiger partial charge is 0.328 e. The monoisotopic (exact) mass is 1650 g/mol. The fourth-order valence-corrected chi connectivity index (χ4v) is 17.9. The number of benzene rings is 8. The minimum Gasteiger partial charge on any atom is -0.493 e. The molecule has 0 spiro atoms. The second-order valence-corrected chi connectivity index (χ2v) is 34.0. The molecular weight excluding hydrogens is 1530 g/mol. The molecule has 0 aliphatic heterocycles. The minimum atomic E-state index is -0.668. The van der Waals surface area contributed by atoms with Gasteiger partial charge in [0.25, 0.3) is 0 Å². The minimum absolute atomic E-state index is 0.196. The molecule has 0 amide bonds. The van der Waals surface area contributed by atoms with Gasteiger partial charge in [-0.15, -0.1) is 0 Å². The molecule has 4 aromatic heterocycles. The van der Waals surface area contributed by atoms with Gasteiger partial charge in [-0.25, -0.2) is 9.83 Å². The summed E-state index contributed by atoms with van der Waals surface area (Å²) in [5.41, 5.74) is 9.67. The van der Waals surface area contributed by atoms with Crippen molar-refractivity contribution in [1.29, 1.82) is 5.26 Å². The van der Waals surface area contributed by atoms with Crippen LogP contribution in [0.25, 0.3) is 71.5 Å². The molecule has 12 rings (SSSR count). The lowest BCUT2D eigenvalue weighted by molar-refractivity contribution is 0.224. The zero-order valence-electron chi connectivity index (χ0n) is 69.9. The lowest BCUT2D eigenvalue weighted by Crippen LogP contribution is -2.54. The summed E-state index contributed by atoms with van der Waals surface area (Å²) >= 11 is 27.5. The summed E-state index contributed by atoms with van der Waals surface area (Å²) in [5, 5.41) is 16.6. The average Bonchev–Trinajstić information content (AvgIpc) is 1.52. The molecule has 0 bridgehead atoms. The van der Waals surface area contributed by atoms with Crippen molar-refractivity contribution in [1.82, 2.24) is 28.9 Å². The van der Waals surface area contributed by atoms with Gasteiger partial charge in [-0.05, 0) is 86.1 Å². The lowest BCUT2D eigenvalue weighted by atomic mass is 9.50. The highest BCUT2D eigenvalue weighted by Crippen LogP contribution is 2.40. The summed E-state index contributed by atoms with van der Waals surface area (Å²) in [6.45, 7) is 19.0. The number of ether oxygens (including phenoxy) is 2. The number of hydrogen-bond donors (Lipinski definition) is 0. The largest absolute Gasteiger partial charge is 0.493 e. The SMILES string of the molecule is [C-]#[N+]/C(c1cnc2cc(Cl)c(Cl)cc2n1)=c1\c2c(-c3cccc(OCC(CCCCCCCC)CCCCCCCCCC)c3)n(B(c3ccccc3)c3ccccc3)/c(=C(/C#N)c3cnc4cc(Cl)c(Cl)cc4n3)c2c(-c2cccc(OCC(CCCCCCCC)CCCCCCCCCC)c2)n1B(c1ccccc1)c1ccccc1. The summed E-state index contributed by atoms with van der Waals surface area (Å²) in [4.78, 5) is 25.8. The van der Waals surface area contributed by atoms with E-state index in [4.69, 9.17) is 80.7 Å². The Morgan fingerprint density at radius 1 is 0.390 bits per heavy atom. The molecule has 8 aromatic carbocycles. The number of rotatable bonds is 48. The Labute approximate surface area is 722 Å². The number of nitrogens with zero attached hydrogens (tertiary/aromatic N) is 8. The molecule has 10 nitrogen and oxygen atoms in total. The molecule has 4 heterocycles. The first-order chi connectivity index (χ1) is 58.0. The van der Waals surface area contributed by atoms with Gasteiger partial charge in [0.2, 0.25) is 5.70 Å². The second kappa shape index (κ2) is 46.4. The van der Waals surface area contributed by atoms with Crippen molar-refractivity contribution in [2.75, 3.05) is 13.2 Å². The third kappa shape index (κ3) is 23.3. The van der Waals surface area contributed by atoms with Gasteiger partial charge in [-0.1, -0.05) is 421 Å². The molecular formula is C102H116B2Cl4N8O2. The average molecular weight is 1650 g/mol. The molecule has 0 saturated heterocycles. The lowest BCUT2D eigenvalue weighted by Gasteiger charge is -2.25. The number of halogens is 4. The molecule has 0 aliphatic carbocycles. The first kappa shape index (κ1) is 88.2. The standard InChI is InChI=1S/C102H116B2Cl4N8O2/c1-6-10-14-18-22-24-28-36-50-75(48-34-26-20-16-12-8-3)73-117-83-62-46-52-77(64-83)99-96-97(102(98(110-5)95-72-112-91-67-87(106)89(108)69-93(91)114-95)116(99)104(81-58-42-32-43-59-81)82-60-44-33-45-61-82)100(78-53-47-63-84(65-78)118-74-76(49-35-27-21-17-13-9-4)51-37-29-25-23-19-15-11-7-2)115(103(79-54-38-30-39-55-79)80-56-40-31-41-57-80)101(96)85(70-109)94-71-111-90-66-86(105)88(107)68-92(90)113-94/h30-33,38-47,52-69,71-72,75-76H,6-29,34-37,48-51,73-74H2,1-4H3/b101-85-,102-98+. The fraction of sp³-hybridized carbons (Fsp3) is 0.392. The van der Waals surface area contributed by atoms with Crippen LogP contribution in [-0.4, -0.2) is 55.8 Å². The maximum Gasteiger partial charge on any atom is 0.328 e. The summed E-state index contributed by atoms with van der Waals surface area (Å²) in [7, 11) is 0. The topological polar surface area (TPSA) is 108 Å². The van der Waals surface area contributed by atoms with Crippen molar-refractivity contribution in [3.05, 3.63) is 260 Å². The molecule has 118 heavy (non-hydrogen) atoms. The predicted octanol–water partition coefficient (Wildman–Crippen LogP) is 25.9. The highest BCUT2D eigenvalue weighted by Gasteiger charge is 2.38. The summed E-state index contributed by atoms with van der Waals surface area (Å²) < 4.78 is 19.4. The third-order valence-corrected chi connectivity index (χ3v) is 25.0. The van der Waals surface area contributed by atoms with Gasteiger partial charge < -0.3 is 18.4 Å². The Balaban J connectivity index is 1.21. The van der Waals surface area contributed by atoms with Crippen molar-refractivity contribution in [3.63, 3.8) is 0 Å². The molecule has 2 unspecified atom stereocenters. The van der Waals surface area contributed by atoms with Crippen LogP contribution < -0.4 is 42.0 Å². The Hall–Kier alpha value is -9.13. The zero-order valence-corrected chi connectivity index (χ0v) is 72.9.